The maximum Gasteiger partial charge on any atom is 0.230 e. The molecule has 3 heterocycles. The molecule has 0 spiro atoms. The molecule has 1 amide bonds. The second-order valence-electron chi connectivity index (χ2n) is 8.33. The number of carbonyl (C=O) groups is 1. The van der Waals surface area contributed by atoms with E-state index in [2.05, 4.69) is 10.1 Å². The minimum absolute atomic E-state index is 0.0801. The van der Waals surface area contributed by atoms with E-state index in [1.54, 1.807) is 0 Å². The quantitative estimate of drug-likeness (QED) is 0.769. The molecular weight excluding hydrogens is 370 g/mol. The Morgan fingerprint density at radius 3 is 2.48 bits per heavy atom. The topological polar surface area (TPSA) is 77.7 Å². The van der Waals surface area contributed by atoms with Crippen molar-refractivity contribution < 1.29 is 18.8 Å². The Kier molecular flexibility index (Phi) is 5.23. The molecule has 3 fully saturated rings. The molecule has 0 N–H and O–H groups in total. The molecule has 5 rings (SSSR count). The Hall–Kier alpha value is -2.41. The SMILES string of the molecule is O=C(C1CCCC1)N1CC(Oc2ccc(-c3noc(C4CCOCC4)n3)cc2)C1. The summed E-state index contributed by atoms with van der Waals surface area (Å²) in [7, 11) is 0. The van der Waals surface area contributed by atoms with E-state index in [0.29, 0.717) is 36.6 Å². The molecule has 0 unspecified atom stereocenters. The smallest absolute Gasteiger partial charge is 0.230 e. The van der Waals surface area contributed by atoms with Gasteiger partial charge in [0.1, 0.15) is 11.9 Å². The maximum absolute atomic E-state index is 12.4. The number of rotatable bonds is 5. The zero-order valence-electron chi connectivity index (χ0n) is 16.6. The highest BCUT2D eigenvalue weighted by atomic mass is 16.5. The first-order chi connectivity index (χ1) is 14.3. The van der Waals surface area contributed by atoms with E-state index in [1.807, 2.05) is 29.2 Å². The van der Waals surface area contributed by atoms with Gasteiger partial charge in [-0.05, 0) is 49.9 Å². The number of amides is 1. The van der Waals surface area contributed by atoms with Gasteiger partial charge in [0.15, 0.2) is 0 Å². The Bertz CT molecular complexity index is 832. The zero-order chi connectivity index (χ0) is 19.6. The fourth-order valence-electron chi connectivity index (χ4n) is 4.46. The van der Waals surface area contributed by atoms with Gasteiger partial charge in [0.25, 0.3) is 0 Å². The maximum atomic E-state index is 12.4. The summed E-state index contributed by atoms with van der Waals surface area (Å²) >= 11 is 0. The molecule has 0 bridgehead atoms. The van der Waals surface area contributed by atoms with Crippen molar-refractivity contribution in [3.8, 4) is 17.1 Å². The van der Waals surface area contributed by atoms with Gasteiger partial charge in [-0.15, -0.1) is 0 Å². The third-order valence-electron chi connectivity index (χ3n) is 6.29. The molecule has 2 aromatic rings. The lowest BCUT2D eigenvalue weighted by Crippen LogP contribution is -2.57. The summed E-state index contributed by atoms with van der Waals surface area (Å²) in [5.41, 5.74) is 0.908. The molecule has 2 saturated heterocycles. The normalized spacial score (nSPS) is 21.3. The van der Waals surface area contributed by atoms with Gasteiger partial charge in [-0.1, -0.05) is 18.0 Å². The minimum Gasteiger partial charge on any atom is -0.487 e. The molecule has 3 aliphatic rings. The van der Waals surface area contributed by atoms with Crippen molar-refractivity contribution in [2.45, 2.75) is 50.5 Å². The minimum atomic E-state index is 0.0801. The van der Waals surface area contributed by atoms with Crippen molar-refractivity contribution in [2.75, 3.05) is 26.3 Å². The predicted molar refractivity (Wildman–Crippen MR) is 105 cm³/mol. The molecule has 1 aromatic heterocycles. The summed E-state index contributed by atoms with van der Waals surface area (Å²) in [6.07, 6.45) is 6.41. The molecular formula is C22H27N3O4. The summed E-state index contributed by atoms with van der Waals surface area (Å²) in [4.78, 5) is 18.9. The van der Waals surface area contributed by atoms with Gasteiger partial charge in [-0.25, -0.2) is 0 Å². The van der Waals surface area contributed by atoms with Gasteiger partial charge in [-0.3, -0.25) is 4.79 Å². The molecule has 1 saturated carbocycles. The van der Waals surface area contributed by atoms with E-state index >= 15 is 0 Å². The highest BCUT2D eigenvalue weighted by Crippen LogP contribution is 2.30. The molecule has 0 radical (unpaired) electrons. The molecule has 7 nitrogen and oxygen atoms in total. The first-order valence-electron chi connectivity index (χ1n) is 10.7. The molecule has 1 aromatic carbocycles. The standard InChI is InChI=1S/C22H27N3O4/c26-22(17-3-1-2-4-17)25-13-19(14-25)28-18-7-5-15(6-8-18)20-23-21(29-24-20)16-9-11-27-12-10-16/h5-8,16-17,19H,1-4,9-14H2. The third kappa shape index (κ3) is 4.01. The lowest BCUT2D eigenvalue weighted by Gasteiger charge is -2.40. The average molecular weight is 397 g/mol. The fraction of sp³-hybridized carbons (Fsp3) is 0.591. The predicted octanol–water partition coefficient (Wildman–Crippen LogP) is 3.41. The Morgan fingerprint density at radius 1 is 1.03 bits per heavy atom. The van der Waals surface area contributed by atoms with Crippen molar-refractivity contribution in [2.24, 2.45) is 5.92 Å². The molecule has 1 aliphatic carbocycles. The van der Waals surface area contributed by atoms with E-state index in [1.165, 1.54) is 12.8 Å². The summed E-state index contributed by atoms with van der Waals surface area (Å²) in [5, 5.41) is 4.13. The summed E-state index contributed by atoms with van der Waals surface area (Å²) < 4.78 is 16.9. The molecule has 154 valence electrons. The van der Waals surface area contributed by atoms with Crippen molar-refractivity contribution >= 4 is 5.91 Å². The van der Waals surface area contributed by atoms with Crippen LogP contribution in [0.1, 0.15) is 50.3 Å². The first-order valence-corrected chi connectivity index (χ1v) is 10.7. The number of carbonyl (C=O) groups excluding carboxylic acids is 1. The molecule has 2 aliphatic heterocycles. The molecule has 7 heteroatoms. The second kappa shape index (κ2) is 8.14. The van der Waals surface area contributed by atoms with Crippen molar-refractivity contribution in [3.05, 3.63) is 30.2 Å². The van der Waals surface area contributed by atoms with Crippen molar-refractivity contribution in [3.63, 3.8) is 0 Å². The van der Waals surface area contributed by atoms with Crippen LogP contribution >= 0.6 is 0 Å². The Morgan fingerprint density at radius 2 is 1.76 bits per heavy atom. The lowest BCUT2D eigenvalue weighted by atomic mass is 10.0. The van der Waals surface area contributed by atoms with Crippen LogP contribution in [0.2, 0.25) is 0 Å². The second-order valence-corrected chi connectivity index (χ2v) is 8.33. The number of hydrogen-bond donors (Lipinski definition) is 0. The highest BCUT2D eigenvalue weighted by Gasteiger charge is 2.36. The average Bonchev–Trinajstić information content (AvgIpc) is 3.43. The number of aromatic nitrogens is 2. The monoisotopic (exact) mass is 397 g/mol. The van der Waals surface area contributed by atoms with Crippen molar-refractivity contribution in [1.82, 2.24) is 15.0 Å². The van der Waals surface area contributed by atoms with Crippen LogP contribution < -0.4 is 4.74 Å². The largest absolute Gasteiger partial charge is 0.487 e. The van der Waals surface area contributed by atoms with Crippen LogP contribution in [0.15, 0.2) is 28.8 Å². The molecule has 29 heavy (non-hydrogen) atoms. The van der Waals surface area contributed by atoms with Gasteiger partial charge < -0.3 is 18.9 Å². The first kappa shape index (κ1) is 18.6. The third-order valence-corrected chi connectivity index (χ3v) is 6.29. The van der Waals surface area contributed by atoms with Gasteiger partial charge >= 0.3 is 0 Å². The Balaban J connectivity index is 1.14. The van der Waals surface area contributed by atoms with Crippen LogP contribution in [0.25, 0.3) is 11.4 Å². The summed E-state index contributed by atoms with van der Waals surface area (Å²) in [6, 6.07) is 7.77. The van der Waals surface area contributed by atoms with Crippen LogP contribution in [0.3, 0.4) is 0 Å². The van der Waals surface area contributed by atoms with Crippen LogP contribution in [-0.2, 0) is 9.53 Å². The van der Waals surface area contributed by atoms with Crippen molar-refractivity contribution in [1.29, 1.82) is 0 Å². The van der Waals surface area contributed by atoms with Gasteiger partial charge in [-0.2, -0.15) is 4.98 Å². The summed E-state index contributed by atoms with van der Waals surface area (Å²) in [6.45, 7) is 2.88. The number of benzene rings is 1. The molecule has 0 atom stereocenters. The van der Waals surface area contributed by atoms with Crippen LogP contribution in [-0.4, -0.2) is 53.4 Å². The lowest BCUT2D eigenvalue weighted by molar-refractivity contribution is -0.144. The number of likely N-dealkylation sites (tertiary alicyclic amines) is 1. The number of nitrogens with zero attached hydrogens (tertiary/aromatic N) is 3. The van der Waals surface area contributed by atoms with Crippen LogP contribution in [0.5, 0.6) is 5.75 Å². The van der Waals surface area contributed by atoms with Crippen LogP contribution in [0.4, 0.5) is 0 Å². The number of hydrogen-bond acceptors (Lipinski definition) is 6. The van der Waals surface area contributed by atoms with E-state index in [-0.39, 0.29) is 12.0 Å². The van der Waals surface area contributed by atoms with Gasteiger partial charge in [0.05, 0.1) is 13.1 Å². The zero-order valence-corrected chi connectivity index (χ0v) is 16.6. The number of ether oxygens (including phenoxy) is 2. The van der Waals surface area contributed by atoms with E-state index in [4.69, 9.17) is 14.0 Å². The fourth-order valence-corrected chi connectivity index (χ4v) is 4.46. The van der Waals surface area contributed by atoms with Gasteiger partial charge in [0, 0.05) is 30.6 Å². The Labute approximate surface area is 170 Å². The van der Waals surface area contributed by atoms with E-state index in [9.17, 15) is 4.79 Å². The van der Waals surface area contributed by atoms with E-state index in [0.717, 1.165) is 50.2 Å². The summed E-state index contributed by atoms with van der Waals surface area (Å²) in [5.74, 6) is 2.97. The highest BCUT2D eigenvalue weighted by molar-refractivity contribution is 5.80. The van der Waals surface area contributed by atoms with E-state index < -0.39 is 0 Å². The van der Waals surface area contributed by atoms with Gasteiger partial charge in [0.2, 0.25) is 17.6 Å². The van der Waals surface area contributed by atoms with Crippen LogP contribution in [0, 0.1) is 5.92 Å².